The Labute approximate surface area is 171 Å². The molecule has 0 radical (unpaired) electrons. The molecule has 0 spiro atoms. The van der Waals surface area contributed by atoms with E-state index in [1.54, 1.807) is 0 Å². The van der Waals surface area contributed by atoms with Crippen molar-refractivity contribution in [3.8, 4) is 11.5 Å². The summed E-state index contributed by atoms with van der Waals surface area (Å²) in [5, 5.41) is 0. The van der Waals surface area contributed by atoms with Crippen LogP contribution in [0.3, 0.4) is 0 Å². The molecule has 0 bridgehead atoms. The van der Waals surface area contributed by atoms with E-state index in [-0.39, 0.29) is 11.9 Å². The summed E-state index contributed by atoms with van der Waals surface area (Å²) in [6.07, 6.45) is -3.24. The molecule has 30 heavy (non-hydrogen) atoms. The first-order valence-electron chi connectivity index (χ1n) is 9.65. The van der Waals surface area contributed by atoms with Crippen LogP contribution in [0, 0.1) is 23.4 Å². The van der Waals surface area contributed by atoms with Gasteiger partial charge in [-0.3, -0.25) is 0 Å². The molecule has 0 N–H and O–H groups in total. The van der Waals surface area contributed by atoms with Gasteiger partial charge < -0.3 is 14.2 Å². The Morgan fingerprint density at radius 2 is 1.73 bits per heavy atom. The fourth-order valence-electron chi connectivity index (χ4n) is 3.35. The summed E-state index contributed by atoms with van der Waals surface area (Å²) in [6.45, 7) is 1.70. The van der Waals surface area contributed by atoms with Crippen LogP contribution in [0.2, 0.25) is 0 Å². The van der Waals surface area contributed by atoms with Gasteiger partial charge in [0.2, 0.25) is 11.6 Å². The van der Waals surface area contributed by atoms with Gasteiger partial charge in [0.15, 0.2) is 23.8 Å². The summed E-state index contributed by atoms with van der Waals surface area (Å²) >= 11 is 0. The fourth-order valence-corrected chi connectivity index (χ4v) is 3.35. The summed E-state index contributed by atoms with van der Waals surface area (Å²) in [7, 11) is 1.16. The zero-order valence-corrected chi connectivity index (χ0v) is 16.6. The van der Waals surface area contributed by atoms with Gasteiger partial charge in [0.05, 0.1) is 13.2 Å². The molecular weight excluding hydrogens is 407 g/mol. The van der Waals surface area contributed by atoms with Crippen molar-refractivity contribution in [2.24, 2.45) is 5.92 Å². The molecule has 2 aromatic rings. The highest BCUT2D eigenvalue weighted by Crippen LogP contribution is 2.34. The van der Waals surface area contributed by atoms with Gasteiger partial charge in [0.25, 0.3) is 0 Å². The second-order valence-corrected chi connectivity index (χ2v) is 7.41. The van der Waals surface area contributed by atoms with Crippen LogP contribution in [0.25, 0.3) is 0 Å². The first-order valence-corrected chi connectivity index (χ1v) is 9.65. The molecule has 4 atom stereocenters. The van der Waals surface area contributed by atoms with Gasteiger partial charge in [0, 0.05) is 12.2 Å². The summed E-state index contributed by atoms with van der Waals surface area (Å²) < 4.78 is 85.9. The van der Waals surface area contributed by atoms with E-state index >= 15 is 0 Å². The molecule has 1 aliphatic heterocycles. The Bertz CT molecular complexity index is 868. The quantitative estimate of drug-likeness (QED) is 0.502. The molecule has 3 rings (SSSR count). The Kier molecular flexibility index (Phi) is 7.18. The third-order valence-corrected chi connectivity index (χ3v) is 5.14. The highest BCUT2D eigenvalue weighted by atomic mass is 19.2. The van der Waals surface area contributed by atoms with Crippen LogP contribution in [0.15, 0.2) is 30.3 Å². The standard InChI is InChI=1S/C22H23F5O3/c1-12-3-6-17(29-10-12)13-4-5-14(15(23)9-13)20(25)16(24)11-30-19-8-7-18(28-2)21(26)22(19)27/h4-5,7-9,12,16-17,20H,3,6,10-11H2,1-2H3. The highest BCUT2D eigenvalue weighted by Gasteiger charge is 2.28. The molecule has 0 saturated carbocycles. The van der Waals surface area contributed by atoms with Crippen molar-refractivity contribution >= 4 is 0 Å². The van der Waals surface area contributed by atoms with Crippen LogP contribution >= 0.6 is 0 Å². The SMILES string of the molecule is COc1ccc(OCC(F)C(F)c2ccc(C3CCC(C)CO3)cc2F)c(F)c1F. The number of benzene rings is 2. The zero-order chi connectivity index (χ0) is 21.8. The van der Waals surface area contributed by atoms with E-state index in [9.17, 15) is 22.0 Å². The van der Waals surface area contributed by atoms with Gasteiger partial charge >= 0.3 is 0 Å². The summed E-state index contributed by atoms with van der Waals surface area (Å²) in [5.74, 6) is -4.10. The zero-order valence-electron chi connectivity index (χ0n) is 16.6. The van der Waals surface area contributed by atoms with Gasteiger partial charge in [-0.05, 0) is 42.5 Å². The maximum Gasteiger partial charge on any atom is 0.204 e. The molecule has 1 aliphatic rings. The maximum absolute atomic E-state index is 14.5. The van der Waals surface area contributed by atoms with Crippen molar-refractivity contribution in [3.63, 3.8) is 0 Å². The summed E-state index contributed by atoms with van der Waals surface area (Å²) in [5.41, 5.74) is 0.0956. The van der Waals surface area contributed by atoms with E-state index in [0.717, 1.165) is 38.2 Å². The molecular formula is C22H23F5O3. The largest absolute Gasteiger partial charge is 0.494 e. The van der Waals surface area contributed by atoms with Gasteiger partial charge in [-0.25, -0.2) is 13.2 Å². The summed E-state index contributed by atoms with van der Waals surface area (Å²) in [4.78, 5) is 0. The van der Waals surface area contributed by atoms with Crippen LogP contribution < -0.4 is 9.47 Å². The van der Waals surface area contributed by atoms with E-state index in [1.165, 1.54) is 12.1 Å². The van der Waals surface area contributed by atoms with Gasteiger partial charge in [-0.15, -0.1) is 0 Å². The number of hydrogen-bond donors (Lipinski definition) is 0. The van der Waals surface area contributed by atoms with E-state index < -0.39 is 47.7 Å². The predicted molar refractivity (Wildman–Crippen MR) is 101 cm³/mol. The van der Waals surface area contributed by atoms with Gasteiger partial charge in [0.1, 0.15) is 12.4 Å². The topological polar surface area (TPSA) is 27.7 Å². The maximum atomic E-state index is 14.5. The first kappa shape index (κ1) is 22.3. The monoisotopic (exact) mass is 430 g/mol. The van der Waals surface area contributed by atoms with Crippen molar-refractivity contribution in [2.75, 3.05) is 20.3 Å². The smallest absolute Gasteiger partial charge is 0.204 e. The highest BCUT2D eigenvalue weighted by molar-refractivity contribution is 5.35. The van der Waals surface area contributed by atoms with Gasteiger partial charge in [-0.1, -0.05) is 19.1 Å². The molecule has 2 aromatic carbocycles. The lowest BCUT2D eigenvalue weighted by Gasteiger charge is -2.27. The third kappa shape index (κ3) is 4.86. The molecule has 164 valence electrons. The normalized spacial score (nSPS) is 21.2. The lowest BCUT2D eigenvalue weighted by atomic mass is 9.94. The van der Waals surface area contributed by atoms with Crippen molar-refractivity contribution in [2.45, 2.75) is 38.2 Å². The number of ether oxygens (including phenoxy) is 3. The average Bonchev–Trinajstić information content (AvgIpc) is 2.74. The van der Waals surface area contributed by atoms with Crippen LogP contribution in [0.1, 0.15) is 43.2 Å². The number of rotatable bonds is 7. The third-order valence-electron chi connectivity index (χ3n) is 5.14. The van der Waals surface area contributed by atoms with E-state index in [2.05, 4.69) is 11.7 Å². The van der Waals surface area contributed by atoms with Crippen molar-refractivity contribution in [1.82, 2.24) is 0 Å². The second kappa shape index (κ2) is 9.64. The molecule has 4 unspecified atom stereocenters. The number of hydrogen-bond acceptors (Lipinski definition) is 3. The molecule has 0 aromatic heterocycles. The average molecular weight is 430 g/mol. The fraction of sp³-hybridized carbons (Fsp3) is 0.455. The molecule has 1 heterocycles. The lowest BCUT2D eigenvalue weighted by molar-refractivity contribution is -0.0125. The number of methoxy groups -OCH3 is 1. The van der Waals surface area contributed by atoms with E-state index in [0.29, 0.717) is 18.1 Å². The van der Waals surface area contributed by atoms with Crippen molar-refractivity contribution < 1.29 is 36.2 Å². The minimum absolute atomic E-state index is 0.278. The molecule has 1 fully saturated rings. The molecule has 1 saturated heterocycles. The van der Waals surface area contributed by atoms with Crippen LogP contribution in [0.4, 0.5) is 22.0 Å². The van der Waals surface area contributed by atoms with Crippen molar-refractivity contribution in [1.29, 1.82) is 0 Å². The molecule has 8 heteroatoms. The Balaban J connectivity index is 1.64. The first-order chi connectivity index (χ1) is 14.3. The molecule has 3 nitrogen and oxygen atoms in total. The number of halogens is 5. The molecule has 0 amide bonds. The Hall–Kier alpha value is -2.35. The minimum atomic E-state index is -2.34. The second-order valence-electron chi connectivity index (χ2n) is 7.41. The summed E-state index contributed by atoms with van der Waals surface area (Å²) in [6, 6.07) is 5.97. The van der Waals surface area contributed by atoms with E-state index in [1.807, 2.05) is 0 Å². The van der Waals surface area contributed by atoms with Crippen molar-refractivity contribution in [3.05, 3.63) is 58.9 Å². The van der Waals surface area contributed by atoms with Gasteiger partial charge in [-0.2, -0.15) is 8.78 Å². The lowest BCUT2D eigenvalue weighted by Crippen LogP contribution is -2.21. The number of alkyl halides is 2. The molecule has 0 aliphatic carbocycles. The van der Waals surface area contributed by atoms with Crippen LogP contribution in [0.5, 0.6) is 11.5 Å². The minimum Gasteiger partial charge on any atom is -0.494 e. The van der Waals surface area contributed by atoms with Crippen LogP contribution in [-0.2, 0) is 4.74 Å². The Morgan fingerprint density at radius 1 is 1.03 bits per heavy atom. The predicted octanol–water partition coefficient (Wildman–Crippen LogP) is 6.03. The Morgan fingerprint density at radius 3 is 2.37 bits per heavy atom. The van der Waals surface area contributed by atoms with E-state index in [4.69, 9.17) is 9.47 Å². The van der Waals surface area contributed by atoms with Crippen LogP contribution in [-0.4, -0.2) is 26.5 Å².